The molecule has 1 aromatic heterocycles. The Hall–Kier alpha value is -2.76. The third-order valence-electron chi connectivity index (χ3n) is 5.16. The van der Waals surface area contributed by atoms with Crippen molar-refractivity contribution in [1.29, 1.82) is 0 Å². The highest BCUT2D eigenvalue weighted by molar-refractivity contribution is 7.18. The van der Waals surface area contributed by atoms with E-state index in [1.807, 2.05) is 30.3 Å². The second-order valence-electron chi connectivity index (χ2n) is 8.29. The Bertz CT molecular complexity index is 1060. The predicted octanol–water partition coefficient (Wildman–Crippen LogP) is 4.62. The second kappa shape index (κ2) is 7.58. The van der Waals surface area contributed by atoms with E-state index in [1.165, 1.54) is 16.9 Å². The summed E-state index contributed by atoms with van der Waals surface area (Å²) in [6.07, 6.45) is 1.73. The largest absolute Gasteiger partial charge is 0.497 e. The molecule has 1 amide bonds. The minimum absolute atomic E-state index is 0.0830. The Morgan fingerprint density at radius 2 is 1.72 bits per heavy atom. The van der Waals surface area contributed by atoms with E-state index >= 15 is 0 Å². The molecular formula is C24H25N2O2S+. The lowest BCUT2D eigenvalue weighted by Crippen LogP contribution is -3.12. The summed E-state index contributed by atoms with van der Waals surface area (Å²) in [6.45, 7) is 7.20. The first-order valence-electron chi connectivity index (χ1n) is 9.67. The number of nitrogens with zero attached hydrogens (tertiary/aromatic N) is 1. The third kappa shape index (κ3) is 4.02. The summed E-state index contributed by atoms with van der Waals surface area (Å²) in [7, 11) is 1.65. The second-order valence-corrected chi connectivity index (χ2v) is 9.34. The minimum atomic E-state index is 0.0830. The van der Waals surface area contributed by atoms with Gasteiger partial charge in [-0.25, -0.2) is 14.7 Å². The summed E-state index contributed by atoms with van der Waals surface area (Å²) >= 11 is 1.51. The molecule has 0 fully saturated rings. The molecule has 0 saturated carbocycles. The van der Waals surface area contributed by atoms with E-state index < -0.39 is 0 Å². The van der Waals surface area contributed by atoms with Crippen LogP contribution in [-0.4, -0.2) is 19.4 Å². The molecule has 2 heterocycles. The molecule has 4 nitrogen and oxygen atoms in total. The van der Waals surface area contributed by atoms with Crippen LogP contribution in [0.5, 0.6) is 5.75 Å². The van der Waals surface area contributed by atoms with Crippen LogP contribution in [0.15, 0.2) is 59.6 Å². The van der Waals surface area contributed by atoms with Crippen LogP contribution < -0.4 is 9.64 Å². The third-order valence-corrected chi connectivity index (χ3v) is 6.33. The lowest BCUT2D eigenvalue weighted by molar-refractivity contribution is -0.721. The maximum absolute atomic E-state index is 13.1. The topological polar surface area (TPSA) is 43.1 Å². The van der Waals surface area contributed by atoms with Gasteiger partial charge < -0.3 is 4.74 Å². The number of nitrogens with one attached hydrogen (secondary N) is 1. The van der Waals surface area contributed by atoms with Crippen molar-refractivity contribution in [1.82, 2.24) is 0 Å². The first-order chi connectivity index (χ1) is 13.8. The Kier molecular flexibility index (Phi) is 5.11. The molecule has 1 unspecified atom stereocenters. The van der Waals surface area contributed by atoms with Crippen molar-refractivity contribution in [3.63, 3.8) is 0 Å². The fourth-order valence-corrected chi connectivity index (χ4v) is 4.44. The summed E-state index contributed by atoms with van der Waals surface area (Å²) in [5, 5.41) is 0. The molecule has 0 radical (unpaired) electrons. The highest BCUT2D eigenvalue weighted by atomic mass is 32.1. The molecule has 0 saturated heterocycles. The molecule has 3 aromatic rings. The highest BCUT2D eigenvalue weighted by Crippen LogP contribution is 2.37. The van der Waals surface area contributed by atoms with Gasteiger partial charge in [-0.2, -0.15) is 0 Å². The number of methoxy groups -OCH3 is 1. The van der Waals surface area contributed by atoms with Crippen molar-refractivity contribution in [3.8, 4) is 16.2 Å². The molecular weight excluding hydrogens is 380 g/mol. The number of carbonyl (C=O) groups excluding carboxylic acids is 1. The number of benzene rings is 2. The van der Waals surface area contributed by atoms with E-state index in [0.29, 0.717) is 6.54 Å². The van der Waals surface area contributed by atoms with Crippen LogP contribution in [0.4, 0.5) is 5.69 Å². The Morgan fingerprint density at radius 3 is 2.34 bits per heavy atom. The van der Waals surface area contributed by atoms with Gasteiger partial charge in [0.25, 0.3) is 0 Å². The number of aliphatic imine (C=N–C) groups is 1. The highest BCUT2D eigenvalue weighted by Gasteiger charge is 2.30. The Morgan fingerprint density at radius 1 is 1.03 bits per heavy atom. The Balaban J connectivity index is 1.53. The molecule has 5 heteroatoms. The zero-order valence-electron chi connectivity index (χ0n) is 17.2. The fraction of sp³-hybridized carbons (Fsp3) is 0.250. The van der Waals surface area contributed by atoms with Crippen LogP contribution in [0.2, 0.25) is 0 Å². The summed E-state index contributed by atoms with van der Waals surface area (Å²) in [6, 6.07) is 18.4. The monoisotopic (exact) mass is 405 g/mol. The van der Waals surface area contributed by atoms with Gasteiger partial charge in [-0.3, -0.25) is 0 Å². The van der Waals surface area contributed by atoms with E-state index in [4.69, 9.17) is 4.74 Å². The first-order valence-corrected chi connectivity index (χ1v) is 10.5. The van der Waals surface area contributed by atoms with Crippen LogP contribution >= 0.6 is 11.3 Å². The predicted molar refractivity (Wildman–Crippen MR) is 119 cm³/mol. The average Bonchev–Trinajstić information content (AvgIpc) is 3.15. The molecule has 1 aliphatic heterocycles. The smallest absolute Gasteiger partial charge is 0.362 e. The number of thiophene rings is 1. The molecule has 1 N–H and O–H groups in total. The molecule has 1 aliphatic rings. The van der Waals surface area contributed by atoms with Crippen molar-refractivity contribution < 1.29 is 14.4 Å². The molecule has 0 aliphatic carbocycles. The molecule has 1 atom stereocenters. The molecule has 2 aromatic carbocycles. The van der Waals surface area contributed by atoms with E-state index in [9.17, 15) is 4.79 Å². The van der Waals surface area contributed by atoms with E-state index in [2.05, 4.69) is 50.0 Å². The van der Waals surface area contributed by atoms with E-state index in [0.717, 1.165) is 37.2 Å². The van der Waals surface area contributed by atoms with Crippen LogP contribution in [0.3, 0.4) is 0 Å². The standard InChI is InChI=1S/C24H24N2O2S/c1-24(2,3)18-9-5-16(6-10-18)14-26-15-25-20-13-21(29-22(20)23(26)27)17-7-11-19(28-4)12-8-17/h5-13,15H,14H2,1-4H3/p+1. The number of carbonyl (C=O) groups is 1. The molecule has 148 valence electrons. The number of hydrogen-bond acceptors (Lipinski definition) is 4. The molecule has 0 spiro atoms. The van der Waals surface area contributed by atoms with Crippen molar-refractivity contribution in [2.24, 2.45) is 4.99 Å². The molecule has 0 bridgehead atoms. The number of quaternary nitrogens is 1. The summed E-state index contributed by atoms with van der Waals surface area (Å²) in [4.78, 5) is 20.1. The fourth-order valence-electron chi connectivity index (χ4n) is 3.36. The Labute approximate surface area is 175 Å². The zero-order valence-corrected chi connectivity index (χ0v) is 18.0. The van der Waals surface area contributed by atoms with Crippen molar-refractivity contribution in [2.75, 3.05) is 7.11 Å². The molecule has 29 heavy (non-hydrogen) atoms. The maximum atomic E-state index is 13.1. The van der Waals surface area contributed by atoms with Crippen LogP contribution in [0.1, 0.15) is 41.6 Å². The van der Waals surface area contributed by atoms with Crippen molar-refractivity contribution >= 4 is 29.3 Å². The summed E-state index contributed by atoms with van der Waals surface area (Å²) in [5.74, 6) is 0.900. The molecule has 4 rings (SSSR count). The first kappa shape index (κ1) is 19.6. The minimum Gasteiger partial charge on any atom is -0.497 e. The van der Waals surface area contributed by atoms with Crippen LogP contribution in [-0.2, 0) is 12.0 Å². The van der Waals surface area contributed by atoms with Gasteiger partial charge in [0.1, 0.15) is 12.3 Å². The van der Waals surface area contributed by atoms with Gasteiger partial charge in [-0.05, 0) is 46.9 Å². The lowest BCUT2D eigenvalue weighted by atomic mass is 9.87. The van der Waals surface area contributed by atoms with Crippen LogP contribution in [0.25, 0.3) is 10.4 Å². The van der Waals surface area contributed by atoms with Gasteiger partial charge >= 0.3 is 5.91 Å². The number of rotatable bonds is 4. The van der Waals surface area contributed by atoms with Gasteiger partial charge in [0, 0.05) is 10.4 Å². The van der Waals surface area contributed by atoms with Gasteiger partial charge in [-0.15, -0.1) is 11.3 Å². The maximum Gasteiger partial charge on any atom is 0.362 e. The normalized spacial score (nSPS) is 16.0. The van der Waals surface area contributed by atoms with Crippen molar-refractivity contribution in [3.05, 3.63) is 70.6 Å². The summed E-state index contributed by atoms with van der Waals surface area (Å²) in [5.41, 5.74) is 4.37. The van der Waals surface area contributed by atoms with E-state index in [1.54, 1.807) is 13.4 Å². The van der Waals surface area contributed by atoms with Gasteiger partial charge in [0.2, 0.25) is 0 Å². The number of amides is 1. The summed E-state index contributed by atoms with van der Waals surface area (Å²) < 4.78 is 5.22. The quantitative estimate of drug-likeness (QED) is 0.688. The van der Waals surface area contributed by atoms with E-state index in [-0.39, 0.29) is 11.3 Å². The number of hydrogen-bond donors (Lipinski definition) is 1. The van der Waals surface area contributed by atoms with Gasteiger partial charge in [0.15, 0.2) is 11.2 Å². The number of ether oxygens (including phenoxy) is 1. The SMILES string of the molecule is COc1ccc(-c2cc3c(s2)C(=O)[NH+](Cc2ccc(C(C)(C)C)cc2)C=N3)cc1. The van der Waals surface area contributed by atoms with Crippen LogP contribution in [0, 0.1) is 0 Å². The van der Waals surface area contributed by atoms with Crippen molar-refractivity contribution in [2.45, 2.75) is 32.7 Å². The zero-order chi connectivity index (χ0) is 20.6. The van der Waals surface area contributed by atoms with Gasteiger partial charge in [-0.1, -0.05) is 45.0 Å². The number of fused-ring (bicyclic) bond motifs is 1. The lowest BCUT2D eigenvalue weighted by Gasteiger charge is -2.19. The average molecular weight is 406 g/mol. The van der Waals surface area contributed by atoms with Gasteiger partial charge in [0.05, 0.1) is 12.8 Å².